The highest BCUT2D eigenvalue weighted by Gasteiger charge is 2.16. The molecule has 0 aliphatic rings. The minimum atomic E-state index is -0.732. The Morgan fingerprint density at radius 3 is 2.31 bits per heavy atom. The summed E-state index contributed by atoms with van der Waals surface area (Å²) >= 11 is 0. The molecule has 0 bridgehead atoms. The van der Waals surface area contributed by atoms with E-state index in [0.29, 0.717) is 11.3 Å². The number of hydrogen-bond acceptors (Lipinski definition) is 5. The highest BCUT2D eigenvalue weighted by atomic mass is 16.5. The summed E-state index contributed by atoms with van der Waals surface area (Å²) in [5, 5.41) is 12.7. The lowest BCUT2D eigenvalue weighted by Crippen LogP contribution is -2.36. The van der Waals surface area contributed by atoms with E-state index < -0.39 is 17.9 Å². The first-order valence-electron chi connectivity index (χ1n) is 10.1. The van der Waals surface area contributed by atoms with Gasteiger partial charge in [-0.2, -0.15) is 0 Å². The number of amides is 2. The number of nitrogens with one attached hydrogen (secondary N) is 3. The maximum atomic E-state index is 12.3. The number of hydrogen-bond donors (Lipinski definition) is 4. The highest BCUT2D eigenvalue weighted by Crippen LogP contribution is 2.10. The van der Waals surface area contributed by atoms with Crippen molar-refractivity contribution in [2.45, 2.75) is 32.2 Å². The molecule has 166 valence electrons. The number of rotatable bonds is 9. The van der Waals surface area contributed by atoms with Gasteiger partial charge in [-0.15, -0.1) is 0 Å². The van der Waals surface area contributed by atoms with Crippen LogP contribution in [0.1, 0.15) is 37.3 Å². The molecule has 32 heavy (non-hydrogen) atoms. The molecule has 0 fully saturated rings. The van der Waals surface area contributed by atoms with Gasteiger partial charge in [-0.05, 0) is 43.3 Å². The molecule has 0 spiro atoms. The quantitative estimate of drug-likeness (QED) is 0.208. The Kier molecular flexibility index (Phi) is 9.47. The van der Waals surface area contributed by atoms with E-state index in [1.54, 1.807) is 31.2 Å². The Hall–Kier alpha value is -4.12. The molecule has 0 aromatic heterocycles. The van der Waals surface area contributed by atoms with E-state index in [9.17, 15) is 14.4 Å². The molecular weight excluding hydrogens is 408 g/mol. The number of amidine groups is 1. The van der Waals surface area contributed by atoms with Crippen molar-refractivity contribution in [1.82, 2.24) is 5.32 Å². The van der Waals surface area contributed by atoms with Crippen LogP contribution in [-0.4, -0.2) is 36.3 Å². The Balaban J connectivity index is 1.90. The topological polar surface area (TPSA) is 134 Å². The maximum absolute atomic E-state index is 12.3. The number of carbonyl (C=O) groups is 3. The Morgan fingerprint density at radius 2 is 1.69 bits per heavy atom. The largest absolute Gasteiger partial charge is 0.466 e. The van der Waals surface area contributed by atoms with Crippen molar-refractivity contribution in [2.24, 2.45) is 5.73 Å². The van der Waals surface area contributed by atoms with E-state index in [4.69, 9.17) is 15.9 Å². The number of benzene rings is 2. The van der Waals surface area contributed by atoms with E-state index in [1.165, 1.54) is 0 Å². The molecule has 2 aromatic carbocycles. The standard InChI is InChI=1S/C24H26N4O4/c1-2-32-23(31)16-20(11-8-17-6-4-3-5-7-17)28-22(30)15-14-21(29)27-19-12-9-18(10-13-19)24(25)26/h3-7,9-10,12-13,20H,2,14-16H2,1H3,(H3,25,26)(H,27,29)(H,28,30). The average molecular weight is 434 g/mol. The van der Waals surface area contributed by atoms with Gasteiger partial charge in [0.1, 0.15) is 11.9 Å². The second-order valence-corrected chi connectivity index (χ2v) is 6.80. The number of esters is 1. The Morgan fingerprint density at radius 1 is 1.03 bits per heavy atom. The number of ether oxygens (including phenoxy) is 1. The summed E-state index contributed by atoms with van der Waals surface area (Å²) in [5.74, 6) is 4.55. The summed E-state index contributed by atoms with van der Waals surface area (Å²) in [6.07, 6.45) is -0.198. The smallest absolute Gasteiger partial charge is 0.308 e. The molecule has 1 unspecified atom stereocenters. The van der Waals surface area contributed by atoms with Crippen molar-refractivity contribution in [3.8, 4) is 11.8 Å². The lowest BCUT2D eigenvalue weighted by atomic mass is 10.1. The van der Waals surface area contributed by atoms with Crippen LogP contribution in [-0.2, 0) is 19.1 Å². The first-order valence-corrected chi connectivity index (χ1v) is 10.1. The third-order valence-electron chi connectivity index (χ3n) is 4.23. The summed E-state index contributed by atoms with van der Waals surface area (Å²) in [7, 11) is 0. The van der Waals surface area contributed by atoms with Crippen molar-refractivity contribution in [3.05, 3.63) is 65.7 Å². The second-order valence-electron chi connectivity index (χ2n) is 6.80. The predicted molar refractivity (Wildman–Crippen MR) is 122 cm³/mol. The second kappa shape index (κ2) is 12.5. The van der Waals surface area contributed by atoms with Gasteiger partial charge in [-0.3, -0.25) is 19.8 Å². The van der Waals surface area contributed by atoms with Crippen LogP contribution in [0.2, 0.25) is 0 Å². The molecular formula is C24H26N4O4. The van der Waals surface area contributed by atoms with Crippen LogP contribution < -0.4 is 16.4 Å². The number of nitrogens with two attached hydrogens (primary N) is 1. The Bertz CT molecular complexity index is 1010. The molecule has 0 saturated carbocycles. The van der Waals surface area contributed by atoms with Crippen LogP contribution in [0.3, 0.4) is 0 Å². The fraction of sp³-hybridized carbons (Fsp3) is 0.250. The van der Waals surface area contributed by atoms with Crippen molar-refractivity contribution < 1.29 is 19.1 Å². The molecule has 0 aliphatic heterocycles. The van der Waals surface area contributed by atoms with Gasteiger partial charge in [0, 0.05) is 29.7 Å². The number of carbonyl (C=O) groups excluding carboxylic acids is 3. The fourth-order valence-electron chi connectivity index (χ4n) is 2.67. The first kappa shape index (κ1) is 24.2. The molecule has 8 nitrogen and oxygen atoms in total. The molecule has 0 heterocycles. The summed E-state index contributed by atoms with van der Waals surface area (Å²) in [4.78, 5) is 36.3. The lowest BCUT2D eigenvalue weighted by molar-refractivity contribution is -0.143. The first-order chi connectivity index (χ1) is 15.4. The average Bonchev–Trinajstić information content (AvgIpc) is 2.77. The normalized spacial score (nSPS) is 10.8. The van der Waals surface area contributed by atoms with Gasteiger partial charge >= 0.3 is 5.97 Å². The van der Waals surface area contributed by atoms with Crippen molar-refractivity contribution in [2.75, 3.05) is 11.9 Å². The van der Waals surface area contributed by atoms with Crippen LogP contribution in [0, 0.1) is 17.3 Å². The van der Waals surface area contributed by atoms with Crippen LogP contribution in [0.4, 0.5) is 5.69 Å². The molecule has 0 saturated heterocycles. The lowest BCUT2D eigenvalue weighted by Gasteiger charge is -2.13. The maximum Gasteiger partial charge on any atom is 0.308 e. The van der Waals surface area contributed by atoms with Crippen molar-refractivity contribution in [1.29, 1.82) is 5.41 Å². The van der Waals surface area contributed by atoms with Gasteiger partial charge in [0.15, 0.2) is 0 Å². The van der Waals surface area contributed by atoms with Crippen molar-refractivity contribution in [3.63, 3.8) is 0 Å². The van der Waals surface area contributed by atoms with E-state index >= 15 is 0 Å². The number of nitrogen functional groups attached to an aromatic ring is 1. The number of anilines is 1. The fourth-order valence-corrected chi connectivity index (χ4v) is 2.67. The van der Waals surface area contributed by atoms with Gasteiger partial charge < -0.3 is 21.1 Å². The molecule has 0 radical (unpaired) electrons. The Labute approximate surface area is 187 Å². The molecule has 2 rings (SSSR count). The van der Waals surface area contributed by atoms with E-state index in [0.717, 1.165) is 5.56 Å². The molecule has 2 aromatic rings. The molecule has 1 atom stereocenters. The van der Waals surface area contributed by atoms with Crippen LogP contribution >= 0.6 is 0 Å². The summed E-state index contributed by atoms with van der Waals surface area (Å²) in [6, 6.07) is 15.0. The minimum Gasteiger partial charge on any atom is -0.466 e. The highest BCUT2D eigenvalue weighted by molar-refractivity contribution is 5.96. The molecule has 0 aliphatic carbocycles. The van der Waals surface area contributed by atoms with Crippen LogP contribution in [0.5, 0.6) is 0 Å². The van der Waals surface area contributed by atoms with E-state index in [2.05, 4.69) is 22.5 Å². The zero-order valence-electron chi connectivity index (χ0n) is 17.8. The summed E-state index contributed by atoms with van der Waals surface area (Å²) < 4.78 is 4.95. The van der Waals surface area contributed by atoms with Crippen molar-refractivity contribution >= 4 is 29.3 Å². The van der Waals surface area contributed by atoms with Crippen LogP contribution in [0.25, 0.3) is 0 Å². The third-order valence-corrected chi connectivity index (χ3v) is 4.23. The van der Waals surface area contributed by atoms with Gasteiger partial charge in [-0.25, -0.2) is 0 Å². The van der Waals surface area contributed by atoms with Gasteiger partial charge in [0.2, 0.25) is 11.8 Å². The van der Waals surface area contributed by atoms with Gasteiger partial charge in [-0.1, -0.05) is 30.0 Å². The SMILES string of the molecule is CCOC(=O)CC(C#Cc1ccccc1)NC(=O)CCC(=O)Nc1ccc(C(=N)N)cc1. The zero-order chi connectivity index (χ0) is 23.3. The molecule has 5 N–H and O–H groups in total. The molecule has 2 amide bonds. The predicted octanol–water partition coefficient (Wildman–Crippen LogP) is 2.18. The monoisotopic (exact) mass is 434 g/mol. The van der Waals surface area contributed by atoms with Gasteiger partial charge in [0.05, 0.1) is 13.0 Å². The van der Waals surface area contributed by atoms with E-state index in [1.807, 2.05) is 30.3 Å². The minimum absolute atomic E-state index is 0.0431. The van der Waals surface area contributed by atoms with Gasteiger partial charge in [0.25, 0.3) is 0 Å². The van der Waals surface area contributed by atoms with Crippen LogP contribution in [0.15, 0.2) is 54.6 Å². The molecule has 8 heteroatoms. The third kappa shape index (κ3) is 8.71. The van der Waals surface area contributed by atoms with E-state index in [-0.39, 0.29) is 37.6 Å². The zero-order valence-corrected chi connectivity index (χ0v) is 17.8. The summed E-state index contributed by atoms with van der Waals surface area (Å²) in [6.45, 7) is 1.94. The summed E-state index contributed by atoms with van der Waals surface area (Å²) in [5.41, 5.74) is 7.24.